The highest BCUT2D eigenvalue weighted by molar-refractivity contribution is 5.95. The fourth-order valence-corrected chi connectivity index (χ4v) is 4.12. The van der Waals surface area contributed by atoms with Crippen LogP contribution < -0.4 is 10.1 Å². The molecular formula is C22H26N2O3. The minimum Gasteiger partial charge on any atom is -0.496 e. The van der Waals surface area contributed by atoms with Crippen LogP contribution in [-0.4, -0.2) is 55.8 Å². The molecule has 5 nitrogen and oxygen atoms in total. The molecule has 0 radical (unpaired) electrons. The lowest BCUT2D eigenvalue weighted by atomic mass is 10.0. The van der Waals surface area contributed by atoms with Crippen molar-refractivity contribution < 1.29 is 14.3 Å². The van der Waals surface area contributed by atoms with E-state index in [0.717, 1.165) is 43.0 Å². The maximum atomic E-state index is 12.8. The van der Waals surface area contributed by atoms with E-state index >= 15 is 0 Å². The molecular weight excluding hydrogens is 340 g/mol. The van der Waals surface area contributed by atoms with Gasteiger partial charge in [-0.05, 0) is 37.1 Å². The molecule has 2 fully saturated rings. The Hall–Kier alpha value is -2.37. The van der Waals surface area contributed by atoms with E-state index in [9.17, 15) is 4.79 Å². The molecule has 0 spiro atoms. The van der Waals surface area contributed by atoms with Crippen molar-refractivity contribution >= 4 is 5.91 Å². The number of benzene rings is 2. The average molecular weight is 366 g/mol. The molecule has 2 aromatic rings. The van der Waals surface area contributed by atoms with Crippen molar-refractivity contribution in [3.63, 3.8) is 0 Å². The second-order valence-electron chi connectivity index (χ2n) is 7.44. The number of fused-ring (bicyclic) bond motifs is 1. The maximum absolute atomic E-state index is 12.8. The van der Waals surface area contributed by atoms with E-state index < -0.39 is 0 Å². The first-order valence-electron chi connectivity index (χ1n) is 9.54. The second-order valence-corrected chi connectivity index (χ2v) is 7.44. The van der Waals surface area contributed by atoms with E-state index in [1.807, 2.05) is 48.5 Å². The van der Waals surface area contributed by atoms with Gasteiger partial charge in [-0.2, -0.15) is 0 Å². The lowest BCUT2D eigenvalue weighted by molar-refractivity contribution is -0.0390. The van der Waals surface area contributed by atoms with E-state index in [1.54, 1.807) is 7.11 Å². The normalized spacial score (nSPS) is 25.0. The van der Waals surface area contributed by atoms with Gasteiger partial charge < -0.3 is 14.8 Å². The molecule has 3 atom stereocenters. The predicted octanol–water partition coefficient (Wildman–Crippen LogP) is 2.95. The minimum atomic E-state index is -0.0226. The summed E-state index contributed by atoms with van der Waals surface area (Å²) < 4.78 is 11.2. The number of rotatable bonds is 4. The van der Waals surface area contributed by atoms with Crippen molar-refractivity contribution in [3.8, 4) is 16.9 Å². The number of carbonyl (C=O) groups excluding carboxylic acids is 1. The quantitative estimate of drug-likeness (QED) is 0.904. The van der Waals surface area contributed by atoms with E-state index in [0.29, 0.717) is 11.6 Å². The van der Waals surface area contributed by atoms with Gasteiger partial charge in [-0.25, -0.2) is 0 Å². The van der Waals surface area contributed by atoms with Gasteiger partial charge in [0.05, 0.1) is 19.8 Å². The minimum absolute atomic E-state index is 0.0226. The fourth-order valence-electron chi connectivity index (χ4n) is 4.12. The molecule has 0 unspecified atom stereocenters. The number of amides is 1. The number of ether oxygens (including phenoxy) is 2. The molecule has 1 amide bonds. The topological polar surface area (TPSA) is 50.8 Å². The Kier molecular flexibility index (Phi) is 5.14. The van der Waals surface area contributed by atoms with Crippen molar-refractivity contribution in [3.05, 3.63) is 54.1 Å². The summed E-state index contributed by atoms with van der Waals surface area (Å²) in [5.74, 6) is 0.780. The Balaban J connectivity index is 1.47. The predicted molar refractivity (Wildman–Crippen MR) is 105 cm³/mol. The monoisotopic (exact) mass is 366 g/mol. The molecule has 27 heavy (non-hydrogen) atoms. The van der Waals surface area contributed by atoms with E-state index in [4.69, 9.17) is 9.47 Å². The molecule has 1 N–H and O–H groups in total. The first kappa shape index (κ1) is 18.0. The lowest BCUT2D eigenvalue weighted by Crippen LogP contribution is -2.45. The Bertz CT molecular complexity index is 823. The van der Waals surface area contributed by atoms with Gasteiger partial charge in [0.15, 0.2) is 0 Å². The average Bonchev–Trinajstić information content (AvgIpc) is 3.09. The number of hydrogen-bond acceptors (Lipinski definition) is 4. The van der Waals surface area contributed by atoms with Gasteiger partial charge in [0.1, 0.15) is 5.75 Å². The summed E-state index contributed by atoms with van der Waals surface area (Å²) in [7, 11) is 1.66. The molecule has 2 aromatic carbocycles. The third-order valence-electron chi connectivity index (χ3n) is 5.47. The number of nitrogens with zero attached hydrogens (tertiary/aromatic N) is 1. The highest BCUT2D eigenvalue weighted by atomic mass is 16.5. The number of hydrogen-bond donors (Lipinski definition) is 1. The van der Waals surface area contributed by atoms with Crippen LogP contribution in [0.4, 0.5) is 0 Å². The zero-order chi connectivity index (χ0) is 18.8. The summed E-state index contributed by atoms with van der Waals surface area (Å²) in [5, 5.41) is 3.21. The molecule has 2 aliphatic heterocycles. The Labute approximate surface area is 160 Å². The molecule has 5 heteroatoms. The third-order valence-corrected chi connectivity index (χ3v) is 5.47. The highest BCUT2D eigenvalue weighted by Gasteiger charge is 2.36. The number of carbonyl (C=O) groups is 1. The van der Waals surface area contributed by atoms with Gasteiger partial charge >= 0.3 is 0 Å². The first-order chi connectivity index (χ1) is 13.1. The number of para-hydroxylation sites is 1. The molecule has 2 saturated heterocycles. The highest BCUT2D eigenvalue weighted by Crippen LogP contribution is 2.30. The molecule has 0 saturated carbocycles. The summed E-state index contributed by atoms with van der Waals surface area (Å²) in [6.07, 6.45) is 1.22. The van der Waals surface area contributed by atoms with Gasteiger partial charge in [0.2, 0.25) is 0 Å². The van der Waals surface area contributed by atoms with Crippen molar-refractivity contribution in [2.45, 2.75) is 31.5 Å². The summed E-state index contributed by atoms with van der Waals surface area (Å²) in [6, 6.07) is 16.2. The number of nitrogens with one attached hydrogen (secondary N) is 1. The van der Waals surface area contributed by atoms with Crippen molar-refractivity contribution in [2.75, 3.05) is 26.8 Å². The number of morpholine rings is 1. The van der Waals surface area contributed by atoms with Gasteiger partial charge in [-0.15, -0.1) is 0 Å². The van der Waals surface area contributed by atoms with Gasteiger partial charge in [0, 0.05) is 36.3 Å². The third kappa shape index (κ3) is 3.84. The Morgan fingerprint density at radius 1 is 1.19 bits per heavy atom. The molecule has 0 bridgehead atoms. The zero-order valence-corrected chi connectivity index (χ0v) is 15.9. The largest absolute Gasteiger partial charge is 0.496 e. The van der Waals surface area contributed by atoms with Crippen molar-refractivity contribution in [2.24, 2.45) is 0 Å². The van der Waals surface area contributed by atoms with E-state index in [-0.39, 0.29) is 18.1 Å². The summed E-state index contributed by atoms with van der Waals surface area (Å²) >= 11 is 0. The maximum Gasteiger partial charge on any atom is 0.251 e. The van der Waals surface area contributed by atoms with Crippen LogP contribution in [-0.2, 0) is 4.74 Å². The molecule has 2 aliphatic rings. The van der Waals surface area contributed by atoms with E-state index in [1.165, 1.54) is 0 Å². The second kappa shape index (κ2) is 7.71. The smallest absolute Gasteiger partial charge is 0.251 e. The molecule has 2 heterocycles. The van der Waals surface area contributed by atoms with Crippen LogP contribution in [0.3, 0.4) is 0 Å². The van der Waals surface area contributed by atoms with Crippen LogP contribution in [0.15, 0.2) is 48.5 Å². The SMILES string of the molecule is COc1ccccc1-c1cccc(C(=O)N[C@H]2C[C@H]3CO[C@@H](C)CN3C2)c1. The van der Waals surface area contributed by atoms with Crippen molar-refractivity contribution in [1.29, 1.82) is 0 Å². The van der Waals surface area contributed by atoms with Gasteiger partial charge in [0.25, 0.3) is 5.91 Å². The molecule has 0 aliphatic carbocycles. The standard InChI is InChI=1S/C22H26N2O3/c1-15-12-24-13-18(11-19(24)14-27-15)23-22(25)17-7-5-6-16(10-17)20-8-3-4-9-21(20)26-2/h3-10,15,18-19H,11-14H2,1-2H3,(H,23,25)/t15-,18-,19-/m0/s1. The summed E-state index contributed by atoms with van der Waals surface area (Å²) in [4.78, 5) is 15.3. The lowest BCUT2D eigenvalue weighted by Gasteiger charge is -2.33. The van der Waals surface area contributed by atoms with Crippen LogP contribution >= 0.6 is 0 Å². The van der Waals surface area contributed by atoms with Crippen LogP contribution in [0.2, 0.25) is 0 Å². The van der Waals surface area contributed by atoms with Gasteiger partial charge in [-0.3, -0.25) is 9.69 Å². The van der Waals surface area contributed by atoms with Gasteiger partial charge in [-0.1, -0.05) is 30.3 Å². The van der Waals surface area contributed by atoms with Crippen LogP contribution in [0.25, 0.3) is 11.1 Å². The zero-order valence-electron chi connectivity index (χ0n) is 15.9. The summed E-state index contributed by atoms with van der Waals surface area (Å²) in [5.41, 5.74) is 2.64. The first-order valence-corrected chi connectivity index (χ1v) is 9.54. The molecule has 0 aromatic heterocycles. The van der Waals surface area contributed by atoms with Crippen molar-refractivity contribution in [1.82, 2.24) is 10.2 Å². The Morgan fingerprint density at radius 2 is 2.04 bits per heavy atom. The molecule has 142 valence electrons. The van der Waals surface area contributed by atoms with Crippen LogP contribution in [0.1, 0.15) is 23.7 Å². The Morgan fingerprint density at radius 3 is 2.89 bits per heavy atom. The van der Waals surface area contributed by atoms with Crippen LogP contribution in [0, 0.1) is 0 Å². The fraction of sp³-hybridized carbons (Fsp3) is 0.409. The molecule has 4 rings (SSSR count). The van der Waals surface area contributed by atoms with Crippen LogP contribution in [0.5, 0.6) is 5.75 Å². The number of methoxy groups -OCH3 is 1. The van der Waals surface area contributed by atoms with E-state index in [2.05, 4.69) is 17.1 Å². The summed E-state index contributed by atoms with van der Waals surface area (Å²) in [6.45, 7) is 4.71.